The summed E-state index contributed by atoms with van der Waals surface area (Å²) in [4.78, 5) is 12.1. The van der Waals surface area contributed by atoms with E-state index in [1.807, 2.05) is 38.1 Å². The summed E-state index contributed by atoms with van der Waals surface area (Å²) in [6.45, 7) is 5.25. The molecule has 1 fully saturated rings. The maximum absolute atomic E-state index is 12.1. The second-order valence-electron chi connectivity index (χ2n) is 5.71. The lowest BCUT2D eigenvalue weighted by molar-refractivity contribution is 0.0342. The number of nitrogens with two attached hydrogens (primary N) is 1. The van der Waals surface area contributed by atoms with Crippen LogP contribution in [0.5, 0.6) is 0 Å². The summed E-state index contributed by atoms with van der Waals surface area (Å²) >= 11 is 0. The summed E-state index contributed by atoms with van der Waals surface area (Å²) in [6, 6.07) is 7.32. The van der Waals surface area contributed by atoms with Crippen LogP contribution in [-0.2, 0) is 4.74 Å². The van der Waals surface area contributed by atoms with Gasteiger partial charge in [-0.2, -0.15) is 0 Å². The zero-order valence-electron chi connectivity index (χ0n) is 12.1. The summed E-state index contributed by atoms with van der Waals surface area (Å²) in [5, 5.41) is 5.83. The molecule has 0 radical (unpaired) electrons. The molecule has 1 aliphatic rings. The van der Waals surface area contributed by atoms with Gasteiger partial charge in [0.05, 0.1) is 12.1 Å². The molecule has 0 spiro atoms. The maximum Gasteiger partial charge on any atom is 0.319 e. The number of ether oxygens (including phenoxy) is 1. The van der Waals surface area contributed by atoms with E-state index in [1.165, 1.54) is 0 Å². The van der Waals surface area contributed by atoms with Gasteiger partial charge in [-0.3, -0.25) is 0 Å². The van der Waals surface area contributed by atoms with Gasteiger partial charge in [-0.25, -0.2) is 4.79 Å². The number of rotatable bonds is 3. The largest absolute Gasteiger partial charge is 0.379 e. The first-order valence-electron chi connectivity index (χ1n) is 7.01. The molecule has 20 heavy (non-hydrogen) atoms. The van der Waals surface area contributed by atoms with Crippen molar-refractivity contribution < 1.29 is 9.53 Å². The van der Waals surface area contributed by atoms with E-state index >= 15 is 0 Å². The molecule has 2 rings (SSSR count). The molecule has 1 aromatic carbocycles. The predicted molar refractivity (Wildman–Crippen MR) is 79.7 cm³/mol. The van der Waals surface area contributed by atoms with Crippen LogP contribution in [0.1, 0.15) is 38.3 Å². The Morgan fingerprint density at radius 3 is 2.95 bits per heavy atom. The van der Waals surface area contributed by atoms with Gasteiger partial charge >= 0.3 is 6.03 Å². The molecule has 2 atom stereocenters. The topological polar surface area (TPSA) is 76.4 Å². The average Bonchev–Trinajstić information content (AvgIpc) is 2.39. The van der Waals surface area contributed by atoms with Crippen molar-refractivity contribution in [3.8, 4) is 0 Å². The monoisotopic (exact) mass is 277 g/mol. The van der Waals surface area contributed by atoms with Gasteiger partial charge < -0.3 is 21.1 Å². The Balaban J connectivity index is 1.95. The summed E-state index contributed by atoms with van der Waals surface area (Å²) < 4.78 is 5.43. The Bertz CT molecular complexity index is 468. The number of amides is 2. The molecular formula is C15H23N3O2. The first-order valence-corrected chi connectivity index (χ1v) is 7.01. The van der Waals surface area contributed by atoms with E-state index in [0.717, 1.165) is 30.7 Å². The van der Waals surface area contributed by atoms with E-state index in [0.29, 0.717) is 6.61 Å². The van der Waals surface area contributed by atoms with Crippen molar-refractivity contribution in [1.29, 1.82) is 0 Å². The minimum atomic E-state index is -0.291. The van der Waals surface area contributed by atoms with E-state index < -0.39 is 0 Å². The first-order chi connectivity index (χ1) is 9.48. The molecule has 0 bridgehead atoms. The first kappa shape index (κ1) is 14.8. The fourth-order valence-corrected chi connectivity index (χ4v) is 2.37. The van der Waals surface area contributed by atoms with Crippen molar-refractivity contribution in [1.82, 2.24) is 5.32 Å². The van der Waals surface area contributed by atoms with E-state index in [4.69, 9.17) is 10.5 Å². The van der Waals surface area contributed by atoms with Gasteiger partial charge in [0.25, 0.3) is 0 Å². The molecule has 1 saturated heterocycles. The third kappa shape index (κ3) is 3.95. The van der Waals surface area contributed by atoms with Crippen LogP contribution >= 0.6 is 0 Å². The zero-order chi connectivity index (χ0) is 14.6. The number of benzene rings is 1. The van der Waals surface area contributed by atoms with Crippen LogP contribution in [0, 0.1) is 0 Å². The third-order valence-electron chi connectivity index (χ3n) is 3.52. The lowest BCUT2D eigenvalue weighted by Crippen LogP contribution is -2.52. The highest BCUT2D eigenvalue weighted by Crippen LogP contribution is 2.19. The van der Waals surface area contributed by atoms with E-state index in [9.17, 15) is 4.79 Å². The fraction of sp³-hybridized carbons (Fsp3) is 0.533. The molecular weight excluding hydrogens is 254 g/mol. The molecule has 1 aromatic rings. The number of hydrogen-bond donors (Lipinski definition) is 3. The van der Waals surface area contributed by atoms with Gasteiger partial charge in [0, 0.05) is 18.3 Å². The lowest BCUT2D eigenvalue weighted by atomic mass is 9.95. The minimum Gasteiger partial charge on any atom is -0.379 e. The van der Waals surface area contributed by atoms with E-state index in [1.54, 1.807) is 0 Å². The maximum atomic E-state index is 12.1. The van der Waals surface area contributed by atoms with E-state index in [-0.39, 0.29) is 17.6 Å². The molecule has 0 aromatic heterocycles. The number of carbonyl (C=O) groups excluding carboxylic acids is 1. The van der Waals surface area contributed by atoms with Gasteiger partial charge in [-0.05, 0) is 44.4 Å². The van der Waals surface area contributed by atoms with Gasteiger partial charge in [0.2, 0.25) is 0 Å². The number of carbonyl (C=O) groups is 1. The third-order valence-corrected chi connectivity index (χ3v) is 3.52. The molecule has 1 heterocycles. The predicted octanol–water partition coefficient (Wildman–Crippen LogP) is 2.40. The molecule has 1 aliphatic heterocycles. The molecule has 110 valence electrons. The Kier molecular flexibility index (Phi) is 4.62. The molecule has 2 unspecified atom stereocenters. The van der Waals surface area contributed by atoms with Crippen molar-refractivity contribution in [2.24, 2.45) is 5.73 Å². The smallest absolute Gasteiger partial charge is 0.319 e. The zero-order valence-corrected chi connectivity index (χ0v) is 12.1. The summed E-state index contributed by atoms with van der Waals surface area (Å²) in [5.41, 5.74) is 7.29. The van der Waals surface area contributed by atoms with Gasteiger partial charge in [-0.1, -0.05) is 12.1 Å². The quantitative estimate of drug-likeness (QED) is 0.794. The number of nitrogens with one attached hydrogen (secondary N) is 2. The van der Waals surface area contributed by atoms with Crippen LogP contribution in [-0.4, -0.2) is 24.8 Å². The molecule has 5 nitrogen and oxygen atoms in total. The average molecular weight is 277 g/mol. The van der Waals surface area contributed by atoms with Crippen molar-refractivity contribution in [2.75, 3.05) is 18.5 Å². The Labute approximate surface area is 119 Å². The Hall–Kier alpha value is -1.59. The standard InChI is InChI=1S/C15H23N3O2/c1-11(16)12-5-3-6-13(9-12)17-14(19)18-15(2)7-4-8-20-10-15/h3,5-6,9,11H,4,7-8,10,16H2,1-2H3,(H2,17,18,19). The Morgan fingerprint density at radius 1 is 1.50 bits per heavy atom. The second-order valence-corrected chi connectivity index (χ2v) is 5.71. The summed E-state index contributed by atoms with van der Waals surface area (Å²) in [5.74, 6) is 0. The fourth-order valence-electron chi connectivity index (χ4n) is 2.37. The summed E-state index contributed by atoms with van der Waals surface area (Å²) in [7, 11) is 0. The SMILES string of the molecule is CC(N)c1cccc(NC(=O)NC2(C)CCCOC2)c1. The van der Waals surface area contributed by atoms with Gasteiger partial charge in [-0.15, -0.1) is 0 Å². The molecule has 4 N–H and O–H groups in total. The minimum absolute atomic E-state index is 0.0518. The second kappa shape index (κ2) is 6.24. The normalized spacial score (nSPS) is 23.9. The molecule has 0 aliphatic carbocycles. The van der Waals surface area contributed by atoms with Crippen molar-refractivity contribution in [3.05, 3.63) is 29.8 Å². The van der Waals surface area contributed by atoms with Crippen molar-refractivity contribution >= 4 is 11.7 Å². The highest BCUT2D eigenvalue weighted by Gasteiger charge is 2.29. The Morgan fingerprint density at radius 2 is 2.30 bits per heavy atom. The van der Waals surface area contributed by atoms with Crippen molar-refractivity contribution in [2.45, 2.75) is 38.3 Å². The van der Waals surface area contributed by atoms with Gasteiger partial charge in [0.1, 0.15) is 0 Å². The highest BCUT2D eigenvalue weighted by molar-refractivity contribution is 5.89. The number of anilines is 1. The van der Waals surface area contributed by atoms with Crippen LogP contribution < -0.4 is 16.4 Å². The summed E-state index contributed by atoms with van der Waals surface area (Å²) in [6.07, 6.45) is 1.90. The van der Waals surface area contributed by atoms with Crippen LogP contribution in [0.3, 0.4) is 0 Å². The van der Waals surface area contributed by atoms with E-state index in [2.05, 4.69) is 10.6 Å². The lowest BCUT2D eigenvalue weighted by Gasteiger charge is -2.34. The molecule has 2 amide bonds. The number of urea groups is 1. The highest BCUT2D eigenvalue weighted by atomic mass is 16.5. The van der Waals surface area contributed by atoms with Crippen LogP contribution in [0.15, 0.2) is 24.3 Å². The van der Waals surface area contributed by atoms with Gasteiger partial charge in [0.15, 0.2) is 0 Å². The molecule has 5 heteroatoms. The van der Waals surface area contributed by atoms with Crippen LogP contribution in [0.25, 0.3) is 0 Å². The van der Waals surface area contributed by atoms with Crippen molar-refractivity contribution in [3.63, 3.8) is 0 Å². The van der Waals surface area contributed by atoms with Crippen LogP contribution in [0.2, 0.25) is 0 Å². The van der Waals surface area contributed by atoms with Crippen LogP contribution in [0.4, 0.5) is 10.5 Å². The number of hydrogen-bond acceptors (Lipinski definition) is 3. The molecule has 0 saturated carbocycles.